The fraction of sp³-hybridized carbons (Fsp3) is 0.167. The van der Waals surface area contributed by atoms with E-state index < -0.39 is 11.9 Å². The topological polar surface area (TPSA) is 96.6 Å². The molecule has 2 aromatic rings. The number of pyridine rings is 1. The Balaban J connectivity index is 1.89. The minimum atomic E-state index is -1.15. The standard InChI is InChI=1S/C12H12N4O3/c17-11(4-5-12(18)19)13-7-6-10-15-14-9-3-1-2-8-16(9)10/h1-5,8H,6-7H2,(H,13,17)(H,18,19)/b5-4+. The molecule has 98 valence electrons. The van der Waals surface area contributed by atoms with Crippen molar-refractivity contribution in [1.29, 1.82) is 0 Å². The molecule has 0 radical (unpaired) electrons. The quantitative estimate of drug-likeness (QED) is 0.739. The van der Waals surface area contributed by atoms with E-state index in [4.69, 9.17) is 5.11 Å². The Bertz CT molecular complexity index is 633. The van der Waals surface area contributed by atoms with E-state index in [2.05, 4.69) is 15.5 Å². The van der Waals surface area contributed by atoms with E-state index >= 15 is 0 Å². The predicted octanol–water partition coefficient (Wildman–Crippen LogP) is 0.0288. The van der Waals surface area contributed by atoms with Crippen LogP contribution in [0.1, 0.15) is 5.82 Å². The number of carboxylic acids is 1. The normalized spacial score (nSPS) is 10.9. The highest BCUT2D eigenvalue weighted by Gasteiger charge is 2.04. The Morgan fingerprint density at radius 2 is 2.16 bits per heavy atom. The van der Waals surface area contributed by atoms with Gasteiger partial charge < -0.3 is 10.4 Å². The molecule has 2 N–H and O–H groups in total. The molecule has 0 unspecified atom stereocenters. The number of fused-ring (bicyclic) bond motifs is 1. The van der Waals surface area contributed by atoms with E-state index in [1.807, 2.05) is 28.8 Å². The van der Waals surface area contributed by atoms with Gasteiger partial charge in [-0.15, -0.1) is 10.2 Å². The summed E-state index contributed by atoms with van der Waals surface area (Å²) < 4.78 is 1.83. The maximum atomic E-state index is 11.2. The average molecular weight is 260 g/mol. The maximum absolute atomic E-state index is 11.2. The number of rotatable bonds is 5. The molecule has 0 aliphatic rings. The van der Waals surface area contributed by atoms with E-state index in [1.165, 1.54) is 0 Å². The van der Waals surface area contributed by atoms with Gasteiger partial charge in [0.15, 0.2) is 5.65 Å². The third-order valence-corrected chi connectivity index (χ3v) is 2.41. The maximum Gasteiger partial charge on any atom is 0.328 e. The zero-order valence-corrected chi connectivity index (χ0v) is 9.98. The first-order valence-electron chi connectivity index (χ1n) is 5.64. The Hall–Kier alpha value is -2.70. The highest BCUT2D eigenvalue weighted by Crippen LogP contribution is 2.02. The Morgan fingerprint density at radius 3 is 2.95 bits per heavy atom. The average Bonchev–Trinajstić information content (AvgIpc) is 2.80. The van der Waals surface area contributed by atoms with Crippen LogP contribution in [-0.4, -0.2) is 38.1 Å². The van der Waals surface area contributed by atoms with Crippen molar-refractivity contribution in [2.24, 2.45) is 0 Å². The Labute approximate surface area is 108 Å². The summed E-state index contributed by atoms with van der Waals surface area (Å²) >= 11 is 0. The number of amides is 1. The van der Waals surface area contributed by atoms with Gasteiger partial charge in [-0.3, -0.25) is 9.20 Å². The van der Waals surface area contributed by atoms with Gasteiger partial charge in [-0.05, 0) is 12.1 Å². The van der Waals surface area contributed by atoms with E-state index in [1.54, 1.807) is 0 Å². The van der Waals surface area contributed by atoms with Crippen LogP contribution < -0.4 is 5.32 Å². The van der Waals surface area contributed by atoms with Gasteiger partial charge in [-0.25, -0.2) is 4.79 Å². The summed E-state index contributed by atoms with van der Waals surface area (Å²) in [5, 5.41) is 18.9. The molecule has 0 fully saturated rings. The van der Waals surface area contributed by atoms with E-state index in [9.17, 15) is 9.59 Å². The highest BCUT2D eigenvalue weighted by molar-refractivity contribution is 5.93. The fourth-order valence-corrected chi connectivity index (χ4v) is 1.56. The molecule has 0 aliphatic carbocycles. The third kappa shape index (κ3) is 3.38. The first-order valence-corrected chi connectivity index (χ1v) is 5.64. The molecule has 1 amide bonds. The molecule has 0 saturated heterocycles. The first-order chi connectivity index (χ1) is 9.16. The van der Waals surface area contributed by atoms with Crippen molar-refractivity contribution < 1.29 is 14.7 Å². The zero-order chi connectivity index (χ0) is 13.7. The molecule has 19 heavy (non-hydrogen) atoms. The summed E-state index contributed by atoms with van der Waals surface area (Å²) in [6.45, 7) is 0.360. The van der Waals surface area contributed by atoms with Crippen LogP contribution in [0, 0.1) is 0 Å². The molecule has 0 atom stereocenters. The van der Waals surface area contributed by atoms with E-state index in [0.29, 0.717) is 13.0 Å². The second-order valence-electron chi connectivity index (χ2n) is 3.76. The van der Waals surface area contributed by atoms with Gasteiger partial charge in [-0.1, -0.05) is 6.07 Å². The van der Waals surface area contributed by atoms with E-state index in [0.717, 1.165) is 23.6 Å². The summed E-state index contributed by atoms with van der Waals surface area (Å²) in [6.07, 6.45) is 4.13. The van der Waals surface area contributed by atoms with Crippen LogP contribution in [0.25, 0.3) is 5.65 Å². The van der Waals surface area contributed by atoms with Crippen LogP contribution in [0.2, 0.25) is 0 Å². The van der Waals surface area contributed by atoms with Crippen LogP contribution in [0.4, 0.5) is 0 Å². The van der Waals surface area contributed by atoms with Crippen molar-refractivity contribution in [2.75, 3.05) is 6.54 Å². The number of hydrogen-bond donors (Lipinski definition) is 2. The van der Waals surface area contributed by atoms with E-state index in [-0.39, 0.29) is 0 Å². The van der Waals surface area contributed by atoms with Crippen LogP contribution in [0.15, 0.2) is 36.5 Å². The summed E-state index contributed by atoms with van der Waals surface area (Å²) in [5.74, 6) is -0.868. The van der Waals surface area contributed by atoms with Gasteiger partial charge in [0.2, 0.25) is 5.91 Å². The lowest BCUT2D eigenvalue weighted by Crippen LogP contribution is -2.24. The highest BCUT2D eigenvalue weighted by atomic mass is 16.4. The summed E-state index contributed by atoms with van der Waals surface area (Å²) in [7, 11) is 0. The van der Waals surface area contributed by atoms with Crippen molar-refractivity contribution in [3.05, 3.63) is 42.4 Å². The number of carbonyl (C=O) groups is 2. The van der Waals surface area contributed by atoms with Crippen molar-refractivity contribution in [2.45, 2.75) is 6.42 Å². The van der Waals surface area contributed by atoms with Gasteiger partial charge in [0.25, 0.3) is 0 Å². The number of hydrogen-bond acceptors (Lipinski definition) is 4. The monoisotopic (exact) mass is 260 g/mol. The first kappa shape index (κ1) is 12.7. The van der Waals surface area contributed by atoms with Crippen molar-refractivity contribution >= 4 is 17.5 Å². The van der Waals surface area contributed by atoms with Crippen LogP contribution >= 0.6 is 0 Å². The molecule has 0 saturated carbocycles. The lowest BCUT2D eigenvalue weighted by Gasteiger charge is -2.01. The molecule has 0 aliphatic heterocycles. The lowest BCUT2D eigenvalue weighted by atomic mass is 10.3. The second kappa shape index (κ2) is 5.76. The van der Waals surface area contributed by atoms with Crippen LogP contribution in [-0.2, 0) is 16.0 Å². The number of carboxylic acid groups (broad SMARTS) is 1. The third-order valence-electron chi connectivity index (χ3n) is 2.41. The molecule has 0 spiro atoms. The summed E-state index contributed by atoms with van der Waals surface area (Å²) in [6, 6.07) is 5.57. The molecule has 2 rings (SSSR count). The molecule has 7 nitrogen and oxygen atoms in total. The molecule has 0 bridgehead atoms. The summed E-state index contributed by atoms with van der Waals surface area (Å²) in [4.78, 5) is 21.5. The number of nitrogens with zero attached hydrogens (tertiary/aromatic N) is 3. The van der Waals surface area contributed by atoms with Crippen molar-refractivity contribution in [3.63, 3.8) is 0 Å². The number of nitrogens with one attached hydrogen (secondary N) is 1. The Morgan fingerprint density at radius 1 is 1.32 bits per heavy atom. The Kier molecular flexibility index (Phi) is 3.87. The fourth-order valence-electron chi connectivity index (χ4n) is 1.56. The smallest absolute Gasteiger partial charge is 0.328 e. The van der Waals surface area contributed by atoms with Gasteiger partial charge in [0.05, 0.1) is 0 Å². The zero-order valence-electron chi connectivity index (χ0n) is 9.98. The number of aromatic nitrogens is 3. The molecule has 7 heteroatoms. The van der Waals surface area contributed by atoms with Crippen LogP contribution in [0.5, 0.6) is 0 Å². The van der Waals surface area contributed by atoms with Gasteiger partial charge in [0, 0.05) is 31.3 Å². The number of carbonyl (C=O) groups excluding carboxylic acids is 1. The van der Waals surface area contributed by atoms with Gasteiger partial charge >= 0.3 is 5.97 Å². The second-order valence-corrected chi connectivity index (χ2v) is 3.76. The lowest BCUT2D eigenvalue weighted by molar-refractivity contribution is -0.131. The predicted molar refractivity (Wildman–Crippen MR) is 66.5 cm³/mol. The molecule has 0 aromatic carbocycles. The summed E-state index contributed by atoms with van der Waals surface area (Å²) in [5.41, 5.74) is 0.745. The van der Waals surface area contributed by atoms with Crippen LogP contribution in [0.3, 0.4) is 0 Å². The van der Waals surface area contributed by atoms with Gasteiger partial charge in [-0.2, -0.15) is 0 Å². The minimum absolute atomic E-state index is 0.360. The largest absolute Gasteiger partial charge is 0.478 e. The SMILES string of the molecule is O=C(O)/C=C/C(=O)NCCc1nnc2ccccn12. The van der Waals surface area contributed by atoms with Crippen molar-refractivity contribution in [3.8, 4) is 0 Å². The minimum Gasteiger partial charge on any atom is -0.478 e. The molecular weight excluding hydrogens is 248 g/mol. The number of aliphatic carboxylic acids is 1. The van der Waals surface area contributed by atoms with Gasteiger partial charge in [0.1, 0.15) is 5.82 Å². The van der Waals surface area contributed by atoms with Crippen molar-refractivity contribution in [1.82, 2.24) is 19.9 Å². The molecular formula is C12H12N4O3. The molecule has 2 heterocycles. The molecule has 2 aromatic heterocycles.